The van der Waals surface area contributed by atoms with Gasteiger partial charge in [0.1, 0.15) is 5.22 Å². The molecule has 0 atom stereocenters. The SMILES string of the molecule is N/N=[N+](/[O-])O[Si]. The van der Waals surface area contributed by atoms with Gasteiger partial charge in [-0.3, -0.25) is 0 Å². The van der Waals surface area contributed by atoms with Crippen LogP contribution in [0.15, 0.2) is 5.22 Å². The van der Waals surface area contributed by atoms with Crippen molar-refractivity contribution in [3.63, 3.8) is 0 Å². The second-order valence-electron chi connectivity index (χ2n) is 0.445. The predicted octanol–water partition coefficient (Wildman–Crippen LogP) is -1.16. The molecular weight excluding hydrogens is 102 g/mol. The summed E-state index contributed by atoms with van der Waals surface area (Å²) in [5.74, 6) is 4.36. The Labute approximate surface area is 37.5 Å². The maximum Gasteiger partial charge on any atom is 0.185 e. The van der Waals surface area contributed by atoms with Gasteiger partial charge >= 0.3 is 0 Å². The van der Waals surface area contributed by atoms with E-state index >= 15 is 0 Å². The maximum absolute atomic E-state index is 9.53. The van der Waals surface area contributed by atoms with Crippen LogP contribution in [-0.2, 0) is 4.53 Å². The minimum Gasteiger partial charge on any atom is -0.497 e. The van der Waals surface area contributed by atoms with Crippen LogP contribution in [0.2, 0.25) is 0 Å². The van der Waals surface area contributed by atoms with Gasteiger partial charge in [-0.25, -0.2) is 0 Å². The van der Waals surface area contributed by atoms with E-state index < -0.39 is 0 Å². The molecule has 0 rings (SSSR count). The van der Waals surface area contributed by atoms with Gasteiger partial charge in [0, 0.05) is 0 Å². The molecule has 0 bridgehead atoms. The minimum absolute atomic E-state index is 0.184. The summed E-state index contributed by atoms with van der Waals surface area (Å²) < 4.78 is 3.69. The highest BCUT2D eigenvalue weighted by molar-refractivity contribution is 5.97. The highest BCUT2D eigenvalue weighted by atomic mass is 28.2. The number of nitrogens with zero attached hydrogens (tertiary/aromatic N) is 2. The van der Waals surface area contributed by atoms with Crippen molar-refractivity contribution in [2.24, 2.45) is 11.1 Å². The van der Waals surface area contributed by atoms with Gasteiger partial charge in [0.25, 0.3) is 0 Å². The Balaban J connectivity index is 3.22. The summed E-state index contributed by atoms with van der Waals surface area (Å²) in [5, 5.41) is 11.9. The molecule has 0 aliphatic carbocycles. The molecule has 0 unspecified atom stereocenters. The fourth-order valence-corrected chi connectivity index (χ4v) is 0.0707. The molecule has 0 saturated heterocycles. The monoisotopic (exact) mass is 104 g/mol. The van der Waals surface area contributed by atoms with Gasteiger partial charge in [-0.05, 0) is 0 Å². The van der Waals surface area contributed by atoms with Crippen molar-refractivity contribution in [3.8, 4) is 0 Å². The summed E-state index contributed by atoms with van der Waals surface area (Å²) in [6.45, 7) is 0. The quantitative estimate of drug-likeness (QED) is 0.197. The van der Waals surface area contributed by atoms with Crippen LogP contribution in [0.4, 0.5) is 0 Å². The van der Waals surface area contributed by atoms with E-state index in [2.05, 4.69) is 26.1 Å². The molecule has 33 valence electrons. The van der Waals surface area contributed by atoms with E-state index in [1.54, 1.807) is 0 Å². The summed E-state index contributed by atoms with van der Waals surface area (Å²) in [7, 11) is 2.36. The van der Waals surface area contributed by atoms with Gasteiger partial charge in [-0.2, -0.15) is 5.84 Å². The summed E-state index contributed by atoms with van der Waals surface area (Å²) >= 11 is 0. The zero-order chi connectivity index (χ0) is 4.99. The Morgan fingerprint density at radius 3 is 2.50 bits per heavy atom. The van der Waals surface area contributed by atoms with Crippen LogP contribution in [-0.4, -0.2) is 15.5 Å². The largest absolute Gasteiger partial charge is 0.497 e. The van der Waals surface area contributed by atoms with E-state index in [1.165, 1.54) is 0 Å². The van der Waals surface area contributed by atoms with Gasteiger partial charge < -0.3 is 9.73 Å². The maximum atomic E-state index is 9.53. The highest BCUT2D eigenvalue weighted by Gasteiger charge is 1.69. The molecule has 0 aromatic rings. The minimum atomic E-state index is -0.184. The van der Waals surface area contributed by atoms with Gasteiger partial charge in [0.15, 0.2) is 10.5 Å². The third-order valence-electron chi connectivity index (χ3n) is 0.172. The van der Waals surface area contributed by atoms with Crippen LogP contribution in [0, 0.1) is 5.21 Å². The lowest BCUT2D eigenvalue weighted by atomic mass is 12.6. The Hall–Kier alpha value is -0.783. The number of rotatable bonds is 1. The summed E-state index contributed by atoms with van der Waals surface area (Å²) in [6.07, 6.45) is 0. The zero-order valence-electron chi connectivity index (χ0n) is 2.79. The lowest BCUT2D eigenvalue weighted by Crippen LogP contribution is -2.01. The smallest absolute Gasteiger partial charge is 0.185 e. The van der Waals surface area contributed by atoms with Crippen molar-refractivity contribution in [2.45, 2.75) is 0 Å². The van der Waals surface area contributed by atoms with Crippen LogP contribution in [0.3, 0.4) is 0 Å². The number of nitrogens with two attached hydrogens (primary N) is 1. The Morgan fingerprint density at radius 1 is 2.00 bits per heavy atom. The van der Waals surface area contributed by atoms with Crippen molar-refractivity contribution in [3.05, 3.63) is 5.21 Å². The Kier molecular flexibility index (Phi) is 2.13. The van der Waals surface area contributed by atoms with Gasteiger partial charge in [0.2, 0.25) is 0 Å². The third kappa shape index (κ3) is 1.53. The molecule has 0 aliphatic rings. The van der Waals surface area contributed by atoms with E-state index in [9.17, 15) is 5.21 Å². The van der Waals surface area contributed by atoms with Crippen molar-refractivity contribution < 1.29 is 9.55 Å². The topological polar surface area (TPSA) is 73.7 Å². The first-order chi connectivity index (χ1) is 2.81. The standard InChI is InChI=1S/H2N3O2Si/c1-2-3(4)5-6/h1H2/b3-2-. The molecule has 5 nitrogen and oxygen atoms in total. The van der Waals surface area contributed by atoms with Crippen molar-refractivity contribution >= 4 is 10.5 Å². The molecule has 0 fully saturated rings. The Morgan fingerprint density at radius 2 is 2.50 bits per heavy atom. The second kappa shape index (κ2) is 2.45. The average Bonchev–Trinajstić information content (AvgIpc) is 1.65. The van der Waals surface area contributed by atoms with Gasteiger partial charge in [0.05, 0.1) is 5.02 Å². The summed E-state index contributed by atoms with van der Waals surface area (Å²) in [6, 6.07) is 0. The van der Waals surface area contributed by atoms with Crippen molar-refractivity contribution in [1.29, 1.82) is 0 Å². The molecule has 3 radical (unpaired) electrons. The van der Waals surface area contributed by atoms with Crippen molar-refractivity contribution in [2.75, 3.05) is 0 Å². The van der Waals surface area contributed by atoms with E-state index in [0.717, 1.165) is 0 Å². The van der Waals surface area contributed by atoms with E-state index in [0.29, 0.717) is 0 Å². The molecular formula is H2N3O2Si. The van der Waals surface area contributed by atoms with E-state index in [-0.39, 0.29) is 5.02 Å². The first kappa shape index (κ1) is 5.22. The van der Waals surface area contributed by atoms with Crippen molar-refractivity contribution in [1.82, 2.24) is 0 Å². The van der Waals surface area contributed by atoms with Crippen LogP contribution in [0.25, 0.3) is 0 Å². The van der Waals surface area contributed by atoms with Crippen LogP contribution in [0.1, 0.15) is 0 Å². The lowest BCUT2D eigenvalue weighted by molar-refractivity contribution is -0.751. The molecule has 6 heteroatoms. The van der Waals surface area contributed by atoms with E-state index in [4.69, 9.17) is 0 Å². The molecule has 0 aliphatic heterocycles. The average molecular weight is 104 g/mol. The Bertz CT molecular complexity index is 59.8. The fraction of sp³-hybridized carbons (Fsp3) is 0. The van der Waals surface area contributed by atoms with Crippen LogP contribution in [0.5, 0.6) is 0 Å². The molecule has 0 heterocycles. The van der Waals surface area contributed by atoms with Gasteiger partial charge in [-0.15, -0.1) is 0 Å². The van der Waals surface area contributed by atoms with Crippen LogP contribution >= 0.6 is 0 Å². The first-order valence-electron chi connectivity index (χ1n) is 1.03. The fourth-order valence-electron chi connectivity index (χ4n) is 0.0236. The third-order valence-corrected chi connectivity index (χ3v) is 0.329. The molecule has 6 heavy (non-hydrogen) atoms. The second-order valence-corrected chi connectivity index (χ2v) is 0.627. The molecule has 0 amide bonds. The first-order valence-corrected chi connectivity index (χ1v) is 1.44. The molecule has 2 N–H and O–H groups in total. The summed E-state index contributed by atoms with van der Waals surface area (Å²) in [4.78, 5) is 0. The number of hydrogen-bond donors (Lipinski definition) is 1. The lowest BCUT2D eigenvalue weighted by Gasteiger charge is -1.94. The molecule has 0 aromatic carbocycles. The van der Waals surface area contributed by atoms with Gasteiger partial charge in [-0.1, -0.05) is 0 Å². The van der Waals surface area contributed by atoms with Crippen LogP contribution < -0.4 is 5.84 Å². The molecule has 0 aromatic heterocycles. The number of hydrogen-bond acceptors (Lipinski definition) is 3. The zero-order valence-corrected chi connectivity index (χ0v) is 3.79. The normalized spacial score (nSPS) is 11.2. The highest BCUT2D eigenvalue weighted by Crippen LogP contribution is 1.62. The molecule has 0 spiro atoms. The summed E-state index contributed by atoms with van der Waals surface area (Å²) in [5.41, 5.74) is 0. The van der Waals surface area contributed by atoms with E-state index in [1.807, 2.05) is 0 Å². The predicted molar refractivity (Wildman–Crippen MR) is 17.1 cm³/mol. The molecule has 0 saturated carbocycles.